The van der Waals surface area contributed by atoms with E-state index in [4.69, 9.17) is 4.42 Å². The molecule has 302 valence electrons. The lowest BCUT2D eigenvalue weighted by atomic mass is 9.99. The number of rotatable bonds is 9. The zero-order chi connectivity index (χ0) is 42.4. The predicted molar refractivity (Wildman–Crippen MR) is 270 cm³/mol. The van der Waals surface area contributed by atoms with E-state index >= 15 is 0 Å². The van der Waals surface area contributed by atoms with Crippen LogP contribution in [-0.4, -0.2) is 0 Å². The fourth-order valence-electron chi connectivity index (χ4n) is 9.38. The molecule has 1 heterocycles. The number of benzene rings is 11. The molecule has 0 bridgehead atoms. The Labute approximate surface area is 371 Å². The molecular formula is C60H41N3O. The second kappa shape index (κ2) is 15.7. The van der Waals surface area contributed by atoms with Crippen LogP contribution in [0.3, 0.4) is 0 Å². The van der Waals surface area contributed by atoms with Gasteiger partial charge in [0.05, 0.1) is 5.69 Å². The number of nitrogens with zero attached hydrogens (tertiary/aromatic N) is 3. The standard InChI is InChI=1S/C60H41N3O/c1-4-18-45(19-5-1)61(46-20-6-2-7-21-46)50-24-15-25-51(39-50)63(58-28-14-17-42-16-10-11-26-53(42)58)49-36-34-48(35-37-49)62(47-22-8-3-9-23-47)52-33-32-43-30-31-44-38-60-57(41-56(44)55(43)40-52)54-27-12-13-29-59(54)64-60/h1-41H. The summed E-state index contributed by atoms with van der Waals surface area (Å²) in [5.74, 6) is 0. The van der Waals surface area contributed by atoms with Gasteiger partial charge in [-0.25, -0.2) is 0 Å². The summed E-state index contributed by atoms with van der Waals surface area (Å²) < 4.78 is 6.29. The third-order valence-electron chi connectivity index (χ3n) is 12.3. The highest BCUT2D eigenvalue weighted by Gasteiger charge is 2.21. The lowest BCUT2D eigenvalue weighted by Gasteiger charge is -2.31. The molecule has 0 unspecified atom stereocenters. The van der Waals surface area contributed by atoms with Gasteiger partial charge in [0, 0.05) is 61.7 Å². The Morgan fingerprint density at radius 1 is 0.219 bits per heavy atom. The Hall–Kier alpha value is -8.60. The van der Waals surface area contributed by atoms with Gasteiger partial charge < -0.3 is 19.1 Å². The molecular weight excluding hydrogens is 779 g/mol. The first kappa shape index (κ1) is 37.2. The van der Waals surface area contributed by atoms with Crippen LogP contribution in [0, 0.1) is 0 Å². The Kier molecular flexibility index (Phi) is 9.12. The lowest BCUT2D eigenvalue weighted by molar-refractivity contribution is 0.669. The maximum Gasteiger partial charge on any atom is 0.136 e. The zero-order valence-electron chi connectivity index (χ0n) is 34.9. The van der Waals surface area contributed by atoms with E-state index in [9.17, 15) is 0 Å². The molecule has 0 aliphatic rings. The minimum Gasteiger partial charge on any atom is -0.456 e. The second-order valence-electron chi connectivity index (χ2n) is 16.2. The maximum atomic E-state index is 6.29. The van der Waals surface area contributed by atoms with Crippen molar-refractivity contribution in [2.75, 3.05) is 14.7 Å². The van der Waals surface area contributed by atoms with Crippen molar-refractivity contribution >= 4 is 105 Å². The number of hydrogen-bond acceptors (Lipinski definition) is 4. The van der Waals surface area contributed by atoms with Crippen molar-refractivity contribution in [1.82, 2.24) is 0 Å². The third kappa shape index (κ3) is 6.57. The molecule has 0 aliphatic heterocycles. The van der Waals surface area contributed by atoms with Gasteiger partial charge >= 0.3 is 0 Å². The molecule has 0 N–H and O–H groups in total. The van der Waals surface area contributed by atoms with Crippen LogP contribution in [0.15, 0.2) is 253 Å². The summed E-state index contributed by atoms with van der Waals surface area (Å²) in [5.41, 5.74) is 11.5. The summed E-state index contributed by atoms with van der Waals surface area (Å²) in [5, 5.41) is 9.37. The first-order valence-corrected chi connectivity index (χ1v) is 21.7. The molecule has 0 atom stereocenters. The van der Waals surface area contributed by atoms with Crippen LogP contribution >= 0.6 is 0 Å². The average Bonchev–Trinajstić information content (AvgIpc) is 3.73. The van der Waals surface area contributed by atoms with E-state index in [1.54, 1.807) is 0 Å². The van der Waals surface area contributed by atoms with E-state index < -0.39 is 0 Å². The second-order valence-corrected chi connectivity index (χ2v) is 16.2. The van der Waals surface area contributed by atoms with Crippen molar-refractivity contribution in [2.45, 2.75) is 0 Å². The van der Waals surface area contributed by atoms with E-state index in [2.05, 4.69) is 251 Å². The van der Waals surface area contributed by atoms with Crippen molar-refractivity contribution in [2.24, 2.45) is 0 Å². The molecule has 0 saturated carbocycles. The molecule has 64 heavy (non-hydrogen) atoms. The van der Waals surface area contributed by atoms with E-state index in [0.29, 0.717) is 0 Å². The molecule has 0 saturated heterocycles. The molecule has 0 amide bonds. The topological polar surface area (TPSA) is 22.9 Å². The molecule has 0 aliphatic carbocycles. The molecule has 12 aromatic rings. The minimum atomic E-state index is 0.907. The van der Waals surface area contributed by atoms with E-state index in [0.717, 1.165) is 78.5 Å². The molecule has 1 aromatic heterocycles. The van der Waals surface area contributed by atoms with Gasteiger partial charge in [-0.05, 0) is 142 Å². The maximum absolute atomic E-state index is 6.29. The SMILES string of the molecule is c1ccc(N(c2ccccc2)c2cccc(N(c3ccc(N(c4ccccc4)c4ccc5ccc6cc7oc8ccccc8c7cc6c5c4)cc3)c3cccc4ccccc34)c2)cc1. The van der Waals surface area contributed by atoms with Crippen molar-refractivity contribution < 1.29 is 4.42 Å². The largest absolute Gasteiger partial charge is 0.456 e. The van der Waals surface area contributed by atoms with Gasteiger partial charge in [0.15, 0.2) is 0 Å². The van der Waals surface area contributed by atoms with Crippen molar-refractivity contribution in [3.63, 3.8) is 0 Å². The van der Waals surface area contributed by atoms with Crippen LogP contribution in [0.4, 0.5) is 51.2 Å². The highest BCUT2D eigenvalue weighted by atomic mass is 16.3. The van der Waals surface area contributed by atoms with Crippen LogP contribution in [0.1, 0.15) is 0 Å². The fraction of sp³-hybridized carbons (Fsp3) is 0. The molecule has 11 aromatic carbocycles. The Bertz CT molecular complexity index is 3580. The monoisotopic (exact) mass is 819 g/mol. The first-order valence-electron chi connectivity index (χ1n) is 21.7. The van der Waals surface area contributed by atoms with E-state index in [1.807, 2.05) is 12.1 Å². The molecule has 0 fully saturated rings. The van der Waals surface area contributed by atoms with Crippen LogP contribution in [0.2, 0.25) is 0 Å². The van der Waals surface area contributed by atoms with Crippen LogP contribution in [0.25, 0.3) is 54.3 Å². The summed E-state index contributed by atoms with van der Waals surface area (Å²) in [7, 11) is 0. The van der Waals surface area contributed by atoms with Crippen LogP contribution in [0.5, 0.6) is 0 Å². The van der Waals surface area contributed by atoms with Crippen LogP contribution < -0.4 is 14.7 Å². The number of para-hydroxylation sites is 4. The molecule has 12 rings (SSSR count). The van der Waals surface area contributed by atoms with Crippen LogP contribution in [-0.2, 0) is 0 Å². The number of furan rings is 1. The van der Waals surface area contributed by atoms with Gasteiger partial charge in [0.2, 0.25) is 0 Å². The minimum absolute atomic E-state index is 0.907. The molecule has 4 nitrogen and oxygen atoms in total. The summed E-state index contributed by atoms with van der Waals surface area (Å²) in [6.45, 7) is 0. The number of fused-ring (bicyclic) bond motifs is 7. The lowest BCUT2D eigenvalue weighted by Crippen LogP contribution is -2.14. The van der Waals surface area contributed by atoms with Gasteiger partial charge in [-0.3, -0.25) is 0 Å². The molecule has 0 spiro atoms. The molecule has 0 radical (unpaired) electrons. The quantitative estimate of drug-likeness (QED) is 0.135. The van der Waals surface area contributed by atoms with Gasteiger partial charge in [-0.1, -0.05) is 133 Å². The summed E-state index contributed by atoms with van der Waals surface area (Å²) in [6, 6.07) is 88.9. The summed E-state index contributed by atoms with van der Waals surface area (Å²) in [6.07, 6.45) is 0. The van der Waals surface area contributed by atoms with Crippen molar-refractivity contribution in [1.29, 1.82) is 0 Å². The Morgan fingerprint density at radius 2 is 0.656 bits per heavy atom. The van der Waals surface area contributed by atoms with Gasteiger partial charge in [0.1, 0.15) is 11.2 Å². The number of hydrogen-bond donors (Lipinski definition) is 0. The highest BCUT2D eigenvalue weighted by molar-refractivity contribution is 6.17. The van der Waals surface area contributed by atoms with Crippen molar-refractivity contribution in [3.05, 3.63) is 249 Å². The average molecular weight is 820 g/mol. The fourth-order valence-corrected chi connectivity index (χ4v) is 9.38. The smallest absolute Gasteiger partial charge is 0.136 e. The van der Waals surface area contributed by atoms with Gasteiger partial charge in [-0.15, -0.1) is 0 Å². The molecule has 4 heteroatoms. The van der Waals surface area contributed by atoms with E-state index in [1.165, 1.54) is 26.9 Å². The van der Waals surface area contributed by atoms with E-state index in [-0.39, 0.29) is 0 Å². The Morgan fingerprint density at radius 3 is 1.34 bits per heavy atom. The zero-order valence-corrected chi connectivity index (χ0v) is 34.9. The first-order chi connectivity index (χ1) is 31.7. The predicted octanol–water partition coefficient (Wildman–Crippen LogP) is 17.5. The summed E-state index contributed by atoms with van der Waals surface area (Å²) >= 11 is 0. The Balaban J connectivity index is 0.999. The summed E-state index contributed by atoms with van der Waals surface area (Å²) in [4.78, 5) is 7.06. The van der Waals surface area contributed by atoms with Gasteiger partial charge in [0.25, 0.3) is 0 Å². The third-order valence-corrected chi connectivity index (χ3v) is 12.3. The normalized spacial score (nSPS) is 11.4. The van der Waals surface area contributed by atoms with Gasteiger partial charge in [-0.2, -0.15) is 0 Å². The number of anilines is 9. The van der Waals surface area contributed by atoms with Crippen molar-refractivity contribution in [3.8, 4) is 0 Å². The highest BCUT2D eigenvalue weighted by Crippen LogP contribution is 2.45.